The van der Waals surface area contributed by atoms with Crippen LogP contribution in [0.5, 0.6) is 5.88 Å². The normalized spacial score (nSPS) is 15.3. The third-order valence-electron chi connectivity index (χ3n) is 4.43. The van der Waals surface area contributed by atoms with E-state index in [1.807, 2.05) is 12.1 Å². The van der Waals surface area contributed by atoms with Crippen LogP contribution in [0.2, 0.25) is 0 Å². The topological polar surface area (TPSA) is 149 Å². The summed E-state index contributed by atoms with van der Waals surface area (Å²) < 4.78 is 1.56. The molecule has 0 amide bonds. The zero-order valence-electron chi connectivity index (χ0n) is 15.2. The first-order chi connectivity index (χ1) is 14.2. The molecule has 4 aromatic heterocycles. The average molecular weight is 391 g/mol. The number of aromatic amines is 2. The minimum atomic E-state index is -0.497. The Hall–Kier alpha value is -4.02. The maximum Gasteiger partial charge on any atom is 0.326 e. The van der Waals surface area contributed by atoms with Crippen molar-refractivity contribution in [2.45, 2.75) is 25.4 Å². The zero-order valence-corrected chi connectivity index (χ0v) is 15.2. The van der Waals surface area contributed by atoms with Gasteiger partial charge in [-0.2, -0.15) is 19.6 Å². The molecule has 0 unspecified atom stereocenters. The van der Waals surface area contributed by atoms with Gasteiger partial charge in [0.1, 0.15) is 5.69 Å². The van der Waals surface area contributed by atoms with E-state index in [1.54, 1.807) is 29.2 Å². The molecule has 0 atom stereocenters. The number of nitrogens with zero attached hydrogens (tertiary/aromatic N) is 6. The number of aromatic hydroxyl groups is 1. The second-order valence-corrected chi connectivity index (χ2v) is 6.74. The number of hydrogen-bond donors (Lipinski definition) is 4. The van der Waals surface area contributed by atoms with Crippen LogP contribution in [0, 0.1) is 0 Å². The highest BCUT2D eigenvalue weighted by Crippen LogP contribution is 2.22. The molecule has 4 aromatic rings. The van der Waals surface area contributed by atoms with Crippen LogP contribution in [0.3, 0.4) is 0 Å². The minimum absolute atomic E-state index is 0.245. The van der Waals surface area contributed by atoms with Crippen LogP contribution in [-0.2, 0) is 6.54 Å². The minimum Gasteiger partial charge on any atom is -0.493 e. The van der Waals surface area contributed by atoms with Crippen LogP contribution < -0.4 is 21.8 Å². The Morgan fingerprint density at radius 2 is 2.21 bits per heavy atom. The number of hydrogen-bond acceptors (Lipinski definition) is 8. The molecule has 0 radical (unpaired) electrons. The Kier molecular flexibility index (Phi) is 4.04. The summed E-state index contributed by atoms with van der Waals surface area (Å²) in [6.45, 7) is 0.506. The summed E-state index contributed by atoms with van der Waals surface area (Å²) in [4.78, 5) is 34.0. The van der Waals surface area contributed by atoms with Gasteiger partial charge in [-0.3, -0.25) is 9.97 Å². The summed E-state index contributed by atoms with van der Waals surface area (Å²) in [5.74, 6) is 0.156. The molecule has 1 fully saturated rings. The predicted molar refractivity (Wildman–Crippen MR) is 103 cm³/mol. The number of anilines is 1. The summed E-state index contributed by atoms with van der Waals surface area (Å²) in [5, 5.41) is 18.0. The van der Waals surface area contributed by atoms with Gasteiger partial charge in [-0.25, -0.2) is 9.79 Å². The van der Waals surface area contributed by atoms with Crippen LogP contribution in [0.25, 0.3) is 11.7 Å². The molecule has 0 aromatic carbocycles. The zero-order chi connectivity index (χ0) is 19.8. The van der Waals surface area contributed by atoms with Gasteiger partial charge < -0.3 is 15.4 Å². The van der Waals surface area contributed by atoms with Crippen molar-refractivity contribution >= 4 is 17.7 Å². The summed E-state index contributed by atoms with van der Waals surface area (Å²) in [5.41, 5.74) is 1.70. The second-order valence-electron chi connectivity index (χ2n) is 6.74. The molecule has 4 heterocycles. The molecule has 11 nitrogen and oxygen atoms in total. The van der Waals surface area contributed by atoms with Gasteiger partial charge in [-0.1, -0.05) is 6.07 Å². The SMILES string of the molecule is O=c1[nH]c(O)c(C=c2cnn3c(=NC4CC4)nc(NCc4cccnc4)nc23)[nH]1. The van der Waals surface area contributed by atoms with Crippen LogP contribution in [-0.4, -0.2) is 45.7 Å². The molecule has 0 spiro atoms. The monoisotopic (exact) mass is 391 g/mol. The Morgan fingerprint density at radius 3 is 2.93 bits per heavy atom. The Bertz CT molecular complexity index is 1350. The van der Waals surface area contributed by atoms with Gasteiger partial charge in [-0.05, 0) is 30.5 Å². The number of imidazole rings is 1. The van der Waals surface area contributed by atoms with Crippen molar-refractivity contribution in [1.29, 1.82) is 0 Å². The molecule has 146 valence electrons. The highest BCUT2D eigenvalue weighted by Gasteiger charge is 2.21. The van der Waals surface area contributed by atoms with E-state index in [2.05, 4.69) is 40.3 Å². The molecule has 1 aliphatic carbocycles. The van der Waals surface area contributed by atoms with Gasteiger partial charge in [0.05, 0.1) is 12.2 Å². The number of H-pyrrole nitrogens is 2. The number of rotatable bonds is 5. The molecule has 4 N–H and O–H groups in total. The molecular formula is C18H17N9O2. The summed E-state index contributed by atoms with van der Waals surface area (Å²) in [6.07, 6.45) is 8.73. The predicted octanol–water partition coefficient (Wildman–Crippen LogP) is -0.536. The number of aromatic nitrogens is 7. The molecule has 5 rings (SSSR count). The van der Waals surface area contributed by atoms with E-state index >= 15 is 0 Å². The van der Waals surface area contributed by atoms with E-state index in [1.165, 1.54) is 0 Å². The van der Waals surface area contributed by atoms with E-state index in [0.29, 0.717) is 29.0 Å². The van der Waals surface area contributed by atoms with Crippen molar-refractivity contribution in [2.24, 2.45) is 4.99 Å². The lowest BCUT2D eigenvalue weighted by Crippen LogP contribution is -2.24. The Morgan fingerprint density at radius 1 is 1.31 bits per heavy atom. The third kappa shape index (κ3) is 3.57. The fourth-order valence-electron chi connectivity index (χ4n) is 2.84. The summed E-state index contributed by atoms with van der Waals surface area (Å²) >= 11 is 0. The largest absolute Gasteiger partial charge is 0.493 e. The van der Waals surface area contributed by atoms with E-state index in [4.69, 9.17) is 0 Å². The number of pyridine rings is 1. The molecule has 0 saturated heterocycles. The van der Waals surface area contributed by atoms with Gasteiger partial charge in [0, 0.05) is 24.2 Å². The quantitative estimate of drug-likeness (QED) is 0.357. The van der Waals surface area contributed by atoms with Crippen molar-refractivity contribution in [3.05, 3.63) is 63.3 Å². The van der Waals surface area contributed by atoms with Crippen LogP contribution in [0.4, 0.5) is 5.95 Å². The number of fused-ring (bicyclic) bond motifs is 1. The lowest BCUT2D eigenvalue weighted by Gasteiger charge is -2.05. The van der Waals surface area contributed by atoms with E-state index < -0.39 is 5.69 Å². The third-order valence-corrected chi connectivity index (χ3v) is 4.43. The highest BCUT2D eigenvalue weighted by molar-refractivity contribution is 5.57. The maximum absolute atomic E-state index is 11.4. The first kappa shape index (κ1) is 17.1. The molecule has 1 aliphatic rings. The van der Waals surface area contributed by atoms with E-state index in [0.717, 1.165) is 18.4 Å². The lowest BCUT2D eigenvalue weighted by atomic mass is 10.3. The second kappa shape index (κ2) is 6.86. The van der Waals surface area contributed by atoms with Gasteiger partial charge in [0.2, 0.25) is 11.8 Å². The van der Waals surface area contributed by atoms with Crippen molar-refractivity contribution in [3.63, 3.8) is 0 Å². The first-order valence-corrected chi connectivity index (χ1v) is 9.11. The van der Waals surface area contributed by atoms with Gasteiger partial charge in [0.25, 0.3) is 5.62 Å². The highest BCUT2D eigenvalue weighted by atomic mass is 16.3. The van der Waals surface area contributed by atoms with Crippen molar-refractivity contribution in [3.8, 4) is 5.88 Å². The molecule has 0 aliphatic heterocycles. The number of nitrogens with one attached hydrogen (secondary N) is 3. The Labute approximate surface area is 162 Å². The summed E-state index contributed by atoms with van der Waals surface area (Å²) in [7, 11) is 0. The smallest absolute Gasteiger partial charge is 0.326 e. The van der Waals surface area contributed by atoms with Crippen LogP contribution in [0.1, 0.15) is 24.1 Å². The van der Waals surface area contributed by atoms with Gasteiger partial charge in [0.15, 0.2) is 5.65 Å². The molecule has 1 saturated carbocycles. The summed E-state index contributed by atoms with van der Waals surface area (Å²) in [6, 6.07) is 4.07. The van der Waals surface area contributed by atoms with E-state index in [-0.39, 0.29) is 17.6 Å². The van der Waals surface area contributed by atoms with Gasteiger partial charge in [-0.15, -0.1) is 0 Å². The molecule has 11 heteroatoms. The molecule has 0 bridgehead atoms. The lowest BCUT2D eigenvalue weighted by molar-refractivity contribution is 0.454. The van der Waals surface area contributed by atoms with Crippen molar-refractivity contribution < 1.29 is 5.11 Å². The Balaban J connectivity index is 1.61. The first-order valence-electron chi connectivity index (χ1n) is 9.11. The standard InChI is InChI=1S/C18H17N9O2/c28-15-13(23-18(29)25-15)6-11-9-21-27-14(11)24-16(26-17(27)22-12-3-4-12)20-8-10-2-1-5-19-7-10/h1-2,5-7,9,12,28H,3-4,8H2,(H,20,22,26)(H2,23,25,29). The van der Waals surface area contributed by atoms with Crippen molar-refractivity contribution in [1.82, 2.24) is 34.5 Å². The molecular weight excluding hydrogens is 374 g/mol. The van der Waals surface area contributed by atoms with Crippen LogP contribution >= 0.6 is 0 Å². The van der Waals surface area contributed by atoms with Crippen molar-refractivity contribution in [2.75, 3.05) is 5.32 Å². The average Bonchev–Trinajstić information content (AvgIpc) is 3.36. The molecule has 29 heavy (non-hydrogen) atoms. The van der Waals surface area contributed by atoms with Gasteiger partial charge >= 0.3 is 5.69 Å². The van der Waals surface area contributed by atoms with E-state index in [9.17, 15) is 9.90 Å². The maximum atomic E-state index is 11.4. The van der Waals surface area contributed by atoms with Crippen LogP contribution in [0.15, 0.2) is 40.5 Å². The fraction of sp³-hybridized carbons (Fsp3) is 0.222. The fourth-order valence-corrected chi connectivity index (χ4v) is 2.84.